The SMILES string of the molecule is CCOC(=O)C1(C#N)CC2(CC(F)C2)C1. The zero-order valence-electron chi connectivity index (χ0n) is 8.75. The van der Waals surface area contributed by atoms with E-state index >= 15 is 0 Å². The lowest BCUT2D eigenvalue weighted by Gasteiger charge is -2.57. The number of hydrogen-bond donors (Lipinski definition) is 0. The van der Waals surface area contributed by atoms with Crippen molar-refractivity contribution in [1.29, 1.82) is 5.26 Å². The lowest BCUT2D eigenvalue weighted by Crippen LogP contribution is -2.57. The van der Waals surface area contributed by atoms with E-state index in [1.165, 1.54) is 0 Å². The molecule has 0 unspecified atom stereocenters. The fraction of sp³-hybridized carbons (Fsp3) is 0.818. The van der Waals surface area contributed by atoms with Crippen LogP contribution in [0.1, 0.15) is 32.6 Å². The summed E-state index contributed by atoms with van der Waals surface area (Å²) in [5, 5.41) is 9.01. The van der Waals surface area contributed by atoms with Crippen LogP contribution in [0.15, 0.2) is 0 Å². The predicted octanol–water partition coefficient (Wildman–Crippen LogP) is 1.97. The average Bonchev–Trinajstić information content (AvgIpc) is 2.09. The van der Waals surface area contributed by atoms with E-state index in [0.29, 0.717) is 32.3 Å². The van der Waals surface area contributed by atoms with Crippen LogP contribution in [0.5, 0.6) is 0 Å². The minimum Gasteiger partial charge on any atom is -0.465 e. The standard InChI is InChI=1S/C11H14FNO2/c1-2-15-9(14)11(7-13)5-10(6-11)3-8(12)4-10/h8H,2-6H2,1H3. The second-order valence-electron chi connectivity index (χ2n) is 4.77. The summed E-state index contributed by atoms with van der Waals surface area (Å²) in [7, 11) is 0. The van der Waals surface area contributed by atoms with Crippen LogP contribution in [0.3, 0.4) is 0 Å². The van der Waals surface area contributed by atoms with E-state index in [2.05, 4.69) is 0 Å². The number of nitriles is 1. The van der Waals surface area contributed by atoms with Crippen LogP contribution in [0.4, 0.5) is 4.39 Å². The van der Waals surface area contributed by atoms with Crippen molar-refractivity contribution < 1.29 is 13.9 Å². The summed E-state index contributed by atoms with van der Waals surface area (Å²) in [6, 6.07) is 2.04. The quantitative estimate of drug-likeness (QED) is 0.656. The van der Waals surface area contributed by atoms with Gasteiger partial charge in [-0.3, -0.25) is 4.79 Å². The minimum absolute atomic E-state index is 0.0676. The fourth-order valence-corrected chi connectivity index (χ4v) is 2.94. The minimum atomic E-state index is -0.976. The van der Waals surface area contributed by atoms with Crippen LogP contribution in [-0.2, 0) is 9.53 Å². The number of nitrogens with zero attached hydrogens (tertiary/aromatic N) is 1. The molecule has 1 spiro atoms. The van der Waals surface area contributed by atoms with Crippen LogP contribution < -0.4 is 0 Å². The van der Waals surface area contributed by atoms with Gasteiger partial charge in [-0.05, 0) is 38.0 Å². The van der Waals surface area contributed by atoms with Gasteiger partial charge in [0.15, 0.2) is 5.41 Å². The van der Waals surface area contributed by atoms with Gasteiger partial charge in [0.1, 0.15) is 6.17 Å². The highest BCUT2D eigenvalue weighted by molar-refractivity contribution is 5.81. The molecule has 3 nitrogen and oxygen atoms in total. The molecule has 2 rings (SSSR count). The van der Waals surface area contributed by atoms with Crippen molar-refractivity contribution in [3.05, 3.63) is 0 Å². The number of halogens is 1. The number of alkyl halides is 1. The maximum atomic E-state index is 12.7. The Balaban J connectivity index is 1.98. The topological polar surface area (TPSA) is 50.1 Å². The van der Waals surface area contributed by atoms with Crippen LogP contribution >= 0.6 is 0 Å². The molecule has 2 saturated carbocycles. The summed E-state index contributed by atoms with van der Waals surface area (Å²) in [4.78, 5) is 11.5. The second kappa shape index (κ2) is 3.19. The summed E-state index contributed by atoms with van der Waals surface area (Å²) in [6.07, 6.45) is 1.25. The first-order valence-corrected chi connectivity index (χ1v) is 5.28. The number of hydrogen-bond acceptors (Lipinski definition) is 3. The Morgan fingerprint density at radius 1 is 1.60 bits per heavy atom. The van der Waals surface area contributed by atoms with Gasteiger partial charge in [-0.25, -0.2) is 4.39 Å². The van der Waals surface area contributed by atoms with E-state index in [-0.39, 0.29) is 5.41 Å². The highest BCUT2D eigenvalue weighted by Crippen LogP contribution is 2.65. The molecule has 0 amide bonds. The van der Waals surface area contributed by atoms with Gasteiger partial charge in [0.2, 0.25) is 0 Å². The summed E-state index contributed by atoms with van der Waals surface area (Å²) < 4.78 is 17.6. The van der Waals surface area contributed by atoms with Gasteiger partial charge in [0.25, 0.3) is 0 Å². The molecular formula is C11H14FNO2. The summed E-state index contributed by atoms with van der Waals surface area (Å²) >= 11 is 0. The Hall–Kier alpha value is -1.11. The first-order valence-electron chi connectivity index (χ1n) is 5.28. The Labute approximate surface area is 88.2 Å². The van der Waals surface area contributed by atoms with E-state index in [0.717, 1.165) is 0 Å². The summed E-state index contributed by atoms with van der Waals surface area (Å²) in [5.41, 5.74) is -1.04. The molecule has 2 fully saturated rings. The van der Waals surface area contributed by atoms with Gasteiger partial charge < -0.3 is 4.74 Å². The molecule has 0 aliphatic heterocycles. The zero-order chi connectivity index (χ0) is 11.1. The number of carbonyl (C=O) groups is 1. The first kappa shape index (κ1) is 10.4. The highest BCUT2D eigenvalue weighted by atomic mass is 19.1. The smallest absolute Gasteiger partial charge is 0.326 e. The molecule has 0 heterocycles. The molecule has 2 aliphatic carbocycles. The van der Waals surface area contributed by atoms with Crippen LogP contribution in [0.2, 0.25) is 0 Å². The first-order chi connectivity index (χ1) is 7.06. The molecule has 4 heteroatoms. The lowest BCUT2D eigenvalue weighted by molar-refractivity contribution is -0.176. The van der Waals surface area contributed by atoms with Crippen molar-refractivity contribution in [2.75, 3.05) is 6.61 Å². The van der Waals surface area contributed by atoms with E-state index < -0.39 is 17.6 Å². The third kappa shape index (κ3) is 1.41. The molecule has 0 radical (unpaired) electrons. The molecule has 82 valence electrons. The van der Waals surface area contributed by atoms with E-state index in [4.69, 9.17) is 10.00 Å². The molecule has 0 bridgehead atoms. The van der Waals surface area contributed by atoms with Gasteiger partial charge in [0.05, 0.1) is 12.7 Å². The maximum Gasteiger partial charge on any atom is 0.326 e. The Bertz CT molecular complexity index is 320. The molecule has 0 atom stereocenters. The van der Waals surface area contributed by atoms with Crippen molar-refractivity contribution in [2.45, 2.75) is 38.8 Å². The third-order valence-corrected chi connectivity index (χ3v) is 3.54. The summed E-state index contributed by atoms with van der Waals surface area (Å²) in [6.45, 7) is 2.01. The van der Waals surface area contributed by atoms with Crippen molar-refractivity contribution in [1.82, 2.24) is 0 Å². The highest BCUT2D eigenvalue weighted by Gasteiger charge is 2.64. The predicted molar refractivity (Wildman–Crippen MR) is 50.5 cm³/mol. The van der Waals surface area contributed by atoms with Gasteiger partial charge >= 0.3 is 5.97 Å². The Morgan fingerprint density at radius 2 is 2.20 bits per heavy atom. The zero-order valence-corrected chi connectivity index (χ0v) is 8.75. The monoisotopic (exact) mass is 211 g/mol. The average molecular weight is 211 g/mol. The molecule has 0 aromatic rings. The third-order valence-electron chi connectivity index (χ3n) is 3.54. The van der Waals surface area contributed by atoms with Crippen LogP contribution in [0, 0.1) is 22.2 Å². The van der Waals surface area contributed by atoms with Crippen LogP contribution in [-0.4, -0.2) is 18.7 Å². The van der Waals surface area contributed by atoms with E-state index in [1.54, 1.807) is 6.92 Å². The Morgan fingerprint density at radius 3 is 2.60 bits per heavy atom. The molecule has 0 aromatic heterocycles. The molecule has 0 aromatic carbocycles. The number of esters is 1. The number of ether oxygens (including phenoxy) is 1. The van der Waals surface area contributed by atoms with Gasteiger partial charge in [-0.2, -0.15) is 5.26 Å². The lowest BCUT2D eigenvalue weighted by atomic mass is 9.45. The fourth-order valence-electron chi connectivity index (χ4n) is 2.94. The van der Waals surface area contributed by atoms with Gasteiger partial charge in [0, 0.05) is 0 Å². The molecule has 2 aliphatic rings. The van der Waals surface area contributed by atoms with Crippen LogP contribution in [0.25, 0.3) is 0 Å². The van der Waals surface area contributed by atoms with Gasteiger partial charge in [-0.1, -0.05) is 0 Å². The molecular weight excluding hydrogens is 197 g/mol. The normalized spacial score (nSPS) is 42.6. The summed E-state index contributed by atoms with van der Waals surface area (Å²) in [5.74, 6) is -0.430. The number of rotatable bonds is 2. The molecule has 0 N–H and O–H groups in total. The van der Waals surface area contributed by atoms with E-state index in [1.807, 2.05) is 6.07 Å². The van der Waals surface area contributed by atoms with Crippen molar-refractivity contribution in [3.63, 3.8) is 0 Å². The van der Waals surface area contributed by atoms with E-state index in [9.17, 15) is 9.18 Å². The molecule has 15 heavy (non-hydrogen) atoms. The molecule has 0 saturated heterocycles. The maximum absolute atomic E-state index is 12.7. The van der Waals surface area contributed by atoms with Crippen molar-refractivity contribution in [3.8, 4) is 6.07 Å². The van der Waals surface area contributed by atoms with Crippen molar-refractivity contribution >= 4 is 5.97 Å². The Kier molecular flexibility index (Phi) is 2.22. The van der Waals surface area contributed by atoms with Gasteiger partial charge in [-0.15, -0.1) is 0 Å². The van der Waals surface area contributed by atoms with Crippen molar-refractivity contribution in [2.24, 2.45) is 10.8 Å². The number of carbonyl (C=O) groups excluding carboxylic acids is 1. The largest absolute Gasteiger partial charge is 0.465 e. The second-order valence-corrected chi connectivity index (χ2v) is 4.77.